The molecule has 3 aromatic carbocycles. The van der Waals surface area contributed by atoms with Gasteiger partial charge in [-0.15, -0.1) is 0 Å². The van der Waals surface area contributed by atoms with Gasteiger partial charge in [-0.1, -0.05) is 72.8 Å². The fourth-order valence-corrected chi connectivity index (χ4v) is 5.18. The van der Waals surface area contributed by atoms with Gasteiger partial charge in [0, 0.05) is 42.6 Å². The molecule has 0 aliphatic carbocycles. The Bertz CT molecular complexity index is 1750. The molecule has 0 aliphatic heterocycles. The van der Waals surface area contributed by atoms with Gasteiger partial charge < -0.3 is 15.6 Å². The largest absolute Gasteiger partial charge is 0.346 e. The first-order chi connectivity index (χ1) is 20.1. The molecule has 8 heteroatoms. The molecule has 8 nitrogen and oxygen atoms in total. The number of hydrogen-bond donors (Lipinski definition) is 3. The number of aromatic nitrogens is 4. The van der Waals surface area contributed by atoms with Crippen LogP contribution in [0.4, 0.5) is 5.69 Å². The van der Waals surface area contributed by atoms with E-state index in [1.54, 1.807) is 25.5 Å². The topological polar surface area (TPSA) is 105 Å². The number of nitrogens with one attached hydrogen (secondary N) is 3. The van der Waals surface area contributed by atoms with Crippen LogP contribution in [-0.2, 0) is 11.8 Å². The predicted molar refractivity (Wildman–Crippen MR) is 159 cm³/mol. The first-order valence-electron chi connectivity index (χ1n) is 13.3. The molecule has 6 rings (SSSR count). The van der Waals surface area contributed by atoms with Crippen molar-refractivity contribution in [1.82, 2.24) is 25.1 Å². The maximum absolute atomic E-state index is 14.0. The second-order valence-electron chi connectivity index (χ2n) is 9.76. The van der Waals surface area contributed by atoms with Crippen LogP contribution < -0.4 is 10.6 Å². The first kappa shape index (κ1) is 25.8. The summed E-state index contributed by atoms with van der Waals surface area (Å²) < 4.78 is 1.49. The third kappa shape index (κ3) is 5.35. The third-order valence-electron chi connectivity index (χ3n) is 7.20. The smallest absolute Gasteiger partial charge is 0.270 e. The molecule has 3 aromatic heterocycles. The molecule has 6 aromatic rings. The molecule has 41 heavy (non-hydrogen) atoms. The zero-order valence-corrected chi connectivity index (χ0v) is 22.4. The van der Waals surface area contributed by atoms with E-state index in [0.29, 0.717) is 11.4 Å². The van der Waals surface area contributed by atoms with Gasteiger partial charge in [0.2, 0.25) is 5.91 Å². The van der Waals surface area contributed by atoms with Crippen LogP contribution in [0.1, 0.15) is 27.5 Å². The number of H-pyrrole nitrogens is 1. The van der Waals surface area contributed by atoms with Gasteiger partial charge in [0.25, 0.3) is 5.91 Å². The van der Waals surface area contributed by atoms with Crippen LogP contribution in [0.3, 0.4) is 0 Å². The minimum absolute atomic E-state index is 0.331. The zero-order chi connectivity index (χ0) is 28.2. The Morgan fingerprint density at radius 3 is 2.12 bits per heavy atom. The number of carbonyl (C=O) groups excluding carboxylic acids is 2. The molecular formula is C33H28N6O2. The van der Waals surface area contributed by atoms with E-state index in [1.807, 2.05) is 103 Å². The van der Waals surface area contributed by atoms with Crippen molar-refractivity contribution in [2.24, 2.45) is 7.05 Å². The van der Waals surface area contributed by atoms with Gasteiger partial charge in [0.15, 0.2) is 0 Å². The summed E-state index contributed by atoms with van der Waals surface area (Å²) in [5.41, 5.74) is 5.67. The summed E-state index contributed by atoms with van der Waals surface area (Å²) >= 11 is 0. The summed E-state index contributed by atoms with van der Waals surface area (Å²) in [6.07, 6.45) is 5.19. The summed E-state index contributed by atoms with van der Waals surface area (Å²) in [4.78, 5) is 34.9. The highest BCUT2D eigenvalue weighted by Gasteiger charge is 2.33. The molecule has 0 aliphatic rings. The quantitative estimate of drug-likeness (QED) is 0.236. The van der Waals surface area contributed by atoms with Gasteiger partial charge in [0.05, 0.1) is 0 Å². The molecule has 0 saturated heterocycles. The average molecular weight is 541 g/mol. The lowest BCUT2D eigenvalue weighted by atomic mass is 9.84. The minimum atomic E-state index is -0.915. The minimum Gasteiger partial charge on any atom is -0.346 e. The van der Waals surface area contributed by atoms with E-state index < -0.39 is 12.0 Å². The molecule has 0 bridgehead atoms. The van der Waals surface area contributed by atoms with Crippen LogP contribution in [0.15, 0.2) is 122 Å². The Labute approximate surface area is 237 Å². The molecule has 3 heterocycles. The molecule has 0 unspecified atom stereocenters. The Balaban J connectivity index is 1.33. The van der Waals surface area contributed by atoms with Crippen LogP contribution >= 0.6 is 0 Å². The highest BCUT2D eigenvalue weighted by molar-refractivity contribution is 6.01. The highest BCUT2D eigenvalue weighted by atomic mass is 16.2. The van der Waals surface area contributed by atoms with Gasteiger partial charge in [-0.25, -0.2) is 4.98 Å². The first-order valence-corrected chi connectivity index (χ1v) is 13.3. The van der Waals surface area contributed by atoms with Gasteiger partial charge in [0.1, 0.15) is 17.4 Å². The van der Waals surface area contributed by atoms with E-state index in [9.17, 15) is 9.59 Å². The highest BCUT2D eigenvalue weighted by Crippen LogP contribution is 2.31. The molecule has 2 amide bonds. The maximum Gasteiger partial charge on any atom is 0.270 e. The number of hydrogen-bond acceptors (Lipinski definition) is 4. The van der Waals surface area contributed by atoms with Crippen LogP contribution in [0, 0.1) is 0 Å². The summed E-state index contributed by atoms with van der Waals surface area (Å²) in [6.45, 7) is 0. The summed E-state index contributed by atoms with van der Waals surface area (Å²) in [6, 6.07) is 31.8. The lowest BCUT2D eigenvalue weighted by molar-refractivity contribution is -0.118. The van der Waals surface area contributed by atoms with Crippen LogP contribution in [0.2, 0.25) is 0 Å². The van der Waals surface area contributed by atoms with Crippen molar-refractivity contribution in [3.05, 3.63) is 139 Å². The number of pyridine rings is 1. The van der Waals surface area contributed by atoms with Crippen molar-refractivity contribution in [3.63, 3.8) is 0 Å². The Morgan fingerprint density at radius 1 is 0.805 bits per heavy atom. The molecule has 0 radical (unpaired) electrons. The van der Waals surface area contributed by atoms with Gasteiger partial charge in [-0.05, 0) is 52.6 Å². The van der Waals surface area contributed by atoms with E-state index in [2.05, 4.69) is 25.7 Å². The number of fused-ring (bicyclic) bond motifs is 1. The number of amides is 2. The summed E-state index contributed by atoms with van der Waals surface area (Å²) in [7, 11) is 1.70. The van der Waals surface area contributed by atoms with Crippen molar-refractivity contribution < 1.29 is 9.59 Å². The Morgan fingerprint density at radius 2 is 1.49 bits per heavy atom. The van der Waals surface area contributed by atoms with Crippen molar-refractivity contribution in [1.29, 1.82) is 0 Å². The molecule has 0 fully saturated rings. The molecule has 0 saturated carbocycles. The zero-order valence-electron chi connectivity index (χ0n) is 22.4. The summed E-state index contributed by atoms with van der Waals surface area (Å²) in [5, 5.41) is 11.2. The fourth-order valence-electron chi connectivity index (χ4n) is 5.18. The van der Waals surface area contributed by atoms with E-state index in [4.69, 9.17) is 0 Å². The second kappa shape index (κ2) is 11.3. The number of benzene rings is 3. The Kier molecular flexibility index (Phi) is 7.11. The van der Waals surface area contributed by atoms with Crippen molar-refractivity contribution in [2.75, 3.05) is 5.32 Å². The normalized spacial score (nSPS) is 11.9. The molecule has 202 valence electrons. The van der Waals surface area contributed by atoms with Crippen LogP contribution in [-0.4, -0.2) is 37.6 Å². The van der Waals surface area contributed by atoms with E-state index >= 15 is 0 Å². The lowest BCUT2D eigenvalue weighted by Gasteiger charge is -2.28. The summed E-state index contributed by atoms with van der Waals surface area (Å²) in [5.74, 6) is -1.15. The second-order valence-corrected chi connectivity index (χ2v) is 9.76. The average Bonchev–Trinajstić information content (AvgIpc) is 3.67. The molecule has 0 spiro atoms. The predicted octanol–water partition coefficient (Wildman–Crippen LogP) is 5.53. The van der Waals surface area contributed by atoms with Crippen LogP contribution in [0.25, 0.3) is 22.2 Å². The SMILES string of the molecule is Cn1nccc1C(=O)N[C@H](C(=O)Nc1ccc(-c2ccnc3[nH]ccc23)cc1)C(c1ccccc1)c1ccccc1. The lowest BCUT2D eigenvalue weighted by Crippen LogP contribution is -2.48. The third-order valence-corrected chi connectivity index (χ3v) is 7.20. The van der Waals surface area contributed by atoms with Crippen LogP contribution in [0.5, 0.6) is 0 Å². The molecule has 3 N–H and O–H groups in total. The monoisotopic (exact) mass is 540 g/mol. The molecular weight excluding hydrogens is 512 g/mol. The van der Waals surface area contributed by atoms with E-state index in [1.165, 1.54) is 4.68 Å². The van der Waals surface area contributed by atoms with Crippen molar-refractivity contribution >= 4 is 28.5 Å². The maximum atomic E-state index is 14.0. The van der Waals surface area contributed by atoms with Gasteiger partial charge in [-0.3, -0.25) is 14.3 Å². The van der Waals surface area contributed by atoms with Crippen molar-refractivity contribution in [2.45, 2.75) is 12.0 Å². The van der Waals surface area contributed by atoms with E-state index in [-0.39, 0.29) is 11.8 Å². The van der Waals surface area contributed by atoms with E-state index in [0.717, 1.165) is 33.3 Å². The number of rotatable bonds is 8. The number of aryl methyl sites for hydroxylation is 1. The molecule has 1 atom stereocenters. The number of anilines is 1. The van der Waals surface area contributed by atoms with Gasteiger partial charge in [-0.2, -0.15) is 5.10 Å². The van der Waals surface area contributed by atoms with Gasteiger partial charge >= 0.3 is 0 Å². The van der Waals surface area contributed by atoms with Crippen molar-refractivity contribution in [3.8, 4) is 11.1 Å². The Hall–Kier alpha value is -5.50. The number of nitrogens with zero attached hydrogens (tertiary/aromatic N) is 3. The number of aromatic amines is 1. The fraction of sp³-hybridized carbons (Fsp3) is 0.0909. The number of carbonyl (C=O) groups is 2. The standard InChI is InChI=1S/C33H28N6O2/c1-39-28(18-21-36-39)32(40)38-30(29(23-8-4-2-5-9-23)24-10-6-3-7-11-24)33(41)37-25-14-12-22(13-15-25)26-16-19-34-31-27(26)17-20-35-31/h2-21,29-30H,1H3,(H,34,35)(H,37,41)(H,38,40)/t30-/m0/s1.